The second-order valence-electron chi connectivity index (χ2n) is 5.61. The Labute approximate surface area is 147 Å². The Morgan fingerprint density at radius 2 is 1.72 bits per heavy atom. The molecule has 5 nitrogen and oxygen atoms in total. The molecule has 0 aliphatic heterocycles. The molecule has 0 aromatic heterocycles. The fourth-order valence-corrected chi connectivity index (χ4v) is 3.34. The van der Waals surface area contributed by atoms with Gasteiger partial charge in [0.1, 0.15) is 5.82 Å². The Morgan fingerprint density at radius 3 is 2.36 bits per heavy atom. The van der Waals surface area contributed by atoms with E-state index < -0.39 is 10.0 Å². The fraction of sp³-hybridized carbons (Fsp3) is 0.278. The molecule has 1 N–H and O–H groups in total. The second-order valence-corrected chi connectivity index (χ2v) is 7.52. The van der Waals surface area contributed by atoms with Crippen molar-refractivity contribution < 1.29 is 17.6 Å². The summed E-state index contributed by atoms with van der Waals surface area (Å²) in [6.07, 6.45) is 1.52. The van der Waals surface area contributed by atoms with E-state index in [0.717, 1.165) is 6.26 Å². The molecule has 0 aliphatic carbocycles. The number of anilines is 1. The first kappa shape index (κ1) is 18.9. The van der Waals surface area contributed by atoms with Gasteiger partial charge in [0.05, 0.1) is 11.9 Å². The van der Waals surface area contributed by atoms with Gasteiger partial charge < -0.3 is 5.32 Å². The van der Waals surface area contributed by atoms with Gasteiger partial charge in [0.15, 0.2) is 0 Å². The minimum Gasteiger partial charge on any atom is -0.356 e. The van der Waals surface area contributed by atoms with Gasteiger partial charge in [-0.25, -0.2) is 12.8 Å². The smallest absolute Gasteiger partial charge is 0.232 e. The van der Waals surface area contributed by atoms with E-state index in [2.05, 4.69) is 5.32 Å². The zero-order valence-electron chi connectivity index (χ0n) is 14.0. The normalized spacial score (nSPS) is 11.1. The Balaban J connectivity index is 1.86. The molecule has 2 aromatic rings. The van der Waals surface area contributed by atoms with E-state index in [4.69, 9.17) is 0 Å². The van der Waals surface area contributed by atoms with Gasteiger partial charge in [0, 0.05) is 19.5 Å². The van der Waals surface area contributed by atoms with Gasteiger partial charge >= 0.3 is 0 Å². The molecule has 0 saturated carbocycles. The molecule has 0 unspecified atom stereocenters. The largest absolute Gasteiger partial charge is 0.356 e. The van der Waals surface area contributed by atoms with E-state index in [1.807, 2.05) is 0 Å². The monoisotopic (exact) mass is 364 g/mol. The van der Waals surface area contributed by atoms with Crippen LogP contribution in [0.1, 0.15) is 12.0 Å². The molecule has 25 heavy (non-hydrogen) atoms. The number of sulfonamides is 1. The van der Waals surface area contributed by atoms with Crippen molar-refractivity contribution in [2.75, 3.05) is 23.7 Å². The third kappa shape index (κ3) is 5.86. The Hall–Kier alpha value is -2.41. The first-order valence-corrected chi connectivity index (χ1v) is 9.75. The molecule has 0 fully saturated rings. The molecule has 0 spiro atoms. The summed E-state index contributed by atoms with van der Waals surface area (Å²) in [7, 11) is -3.48. The van der Waals surface area contributed by atoms with Crippen LogP contribution >= 0.6 is 0 Å². The lowest BCUT2D eigenvalue weighted by Crippen LogP contribution is -2.35. The Morgan fingerprint density at radius 1 is 1.08 bits per heavy atom. The zero-order valence-corrected chi connectivity index (χ0v) is 14.8. The molecule has 2 aromatic carbocycles. The SMILES string of the molecule is CS(=O)(=O)N(CCC(=O)NCCc1ccccc1F)c1ccccc1. The van der Waals surface area contributed by atoms with Gasteiger partial charge in [-0.1, -0.05) is 36.4 Å². The molecular weight excluding hydrogens is 343 g/mol. The average molecular weight is 364 g/mol. The summed E-state index contributed by atoms with van der Waals surface area (Å²) in [5, 5.41) is 2.69. The summed E-state index contributed by atoms with van der Waals surface area (Å²) in [4.78, 5) is 12.0. The van der Waals surface area contributed by atoms with Crippen molar-refractivity contribution in [3.63, 3.8) is 0 Å². The third-order valence-electron chi connectivity index (χ3n) is 3.66. The van der Waals surface area contributed by atoms with E-state index in [9.17, 15) is 17.6 Å². The highest BCUT2D eigenvalue weighted by molar-refractivity contribution is 7.92. The van der Waals surface area contributed by atoms with E-state index in [-0.39, 0.29) is 24.7 Å². The number of carbonyl (C=O) groups excluding carboxylic acids is 1. The number of rotatable bonds is 8. The van der Waals surface area contributed by atoms with Crippen LogP contribution < -0.4 is 9.62 Å². The highest BCUT2D eigenvalue weighted by Gasteiger charge is 2.18. The van der Waals surface area contributed by atoms with Crippen LogP contribution in [0.3, 0.4) is 0 Å². The predicted molar refractivity (Wildman–Crippen MR) is 96.4 cm³/mol. The molecule has 0 saturated heterocycles. The van der Waals surface area contributed by atoms with Crippen LogP contribution in [0.5, 0.6) is 0 Å². The predicted octanol–water partition coefficient (Wildman–Crippen LogP) is 2.34. The lowest BCUT2D eigenvalue weighted by atomic mass is 10.1. The number of amides is 1. The minimum absolute atomic E-state index is 0.0270. The Kier molecular flexibility index (Phi) is 6.52. The summed E-state index contributed by atoms with van der Waals surface area (Å²) >= 11 is 0. The lowest BCUT2D eigenvalue weighted by Gasteiger charge is -2.22. The van der Waals surface area contributed by atoms with Crippen molar-refractivity contribution in [3.05, 3.63) is 66.0 Å². The molecule has 1 amide bonds. The molecule has 2 rings (SSSR count). The van der Waals surface area contributed by atoms with E-state index in [1.54, 1.807) is 48.5 Å². The van der Waals surface area contributed by atoms with Crippen molar-refractivity contribution in [1.29, 1.82) is 0 Å². The summed E-state index contributed by atoms with van der Waals surface area (Å²) in [5.74, 6) is -0.579. The second kappa shape index (κ2) is 8.62. The van der Waals surface area contributed by atoms with Crippen LogP contribution in [-0.2, 0) is 21.2 Å². The molecule has 0 bridgehead atoms. The van der Waals surface area contributed by atoms with Crippen molar-refractivity contribution in [2.24, 2.45) is 0 Å². The van der Waals surface area contributed by atoms with Gasteiger partial charge in [0.2, 0.25) is 15.9 Å². The maximum atomic E-state index is 13.5. The average Bonchev–Trinajstić information content (AvgIpc) is 2.56. The summed E-state index contributed by atoms with van der Waals surface area (Å²) in [6, 6.07) is 15.0. The molecule has 0 aliphatic rings. The highest BCUT2D eigenvalue weighted by Crippen LogP contribution is 2.16. The summed E-state index contributed by atoms with van der Waals surface area (Å²) in [6.45, 7) is 0.346. The number of hydrogen-bond donors (Lipinski definition) is 1. The fourth-order valence-electron chi connectivity index (χ4n) is 2.41. The summed E-state index contributed by atoms with van der Waals surface area (Å²) in [5.41, 5.74) is 1.05. The van der Waals surface area contributed by atoms with Gasteiger partial charge in [0.25, 0.3) is 0 Å². The van der Waals surface area contributed by atoms with Crippen molar-refractivity contribution >= 4 is 21.6 Å². The van der Waals surface area contributed by atoms with Crippen molar-refractivity contribution in [3.8, 4) is 0 Å². The number of nitrogens with one attached hydrogen (secondary N) is 1. The zero-order chi connectivity index (χ0) is 18.3. The van der Waals surface area contributed by atoms with Crippen LogP contribution in [0.15, 0.2) is 54.6 Å². The van der Waals surface area contributed by atoms with E-state index in [0.29, 0.717) is 24.2 Å². The van der Waals surface area contributed by atoms with Crippen LogP contribution in [0.2, 0.25) is 0 Å². The molecule has 0 atom stereocenters. The standard InChI is InChI=1S/C18H21FN2O3S/c1-25(23,24)21(16-8-3-2-4-9-16)14-12-18(22)20-13-11-15-7-5-6-10-17(15)19/h2-10H,11-14H2,1H3,(H,20,22). The summed E-state index contributed by atoms with van der Waals surface area (Å²) < 4.78 is 38.6. The number of halogens is 1. The van der Waals surface area contributed by atoms with Gasteiger partial charge in [-0.05, 0) is 30.2 Å². The first-order valence-electron chi connectivity index (χ1n) is 7.91. The molecule has 0 radical (unpaired) electrons. The number of nitrogens with zero attached hydrogens (tertiary/aromatic N) is 1. The first-order chi connectivity index (χ1) is 11.9. The number of carbonyl (C=O) groups is 1. The number of hydrogen-bond acceptors (Lipinski definition) is 3. The van der Waals surface area contributed by atoms with Crippen LogP contribution in [-0.4, -0.2) is 33.7 Å². The minimum atomic E-state index is -3.48. The quantitative estimate of drug-likeness (QED) is 0.782. The molecule has 7 heteroatoms. The molecular formula is C18H21FN2O3S. The molecule has 0 heterocycles. The number of benzene rings is 2. The van der Waals surface area contributed by atoms with E-state index >= 15 is 0 Å². The van der Waals surface area contributed by atoms with Crippen LogP contribution in [0.4, 0.5) is 10.1 Å². The lowest BCUT2D eigenvalue weighted by molar-refractivity contribution is -0.120. The van der Waals surface area contributed by atoms with Crippen molar-refractivity contribution in [1.82, 2.24) is 5.32 Å². The van der Waals surface area contributed by atoms with Gasteiger partial charge in [-0.2, -0.15) is 0 Å². The molecule has 134 valence electrons. The van der Waals surface area contributed by atoms with Crippen molar-refractivity contribution in [2.45, 2.75) is 12.8 Å². The van der Waals surface area contributed by atoms with Gasteiger partial charge in [-0.15, -0.1) is 0 Å². The highest BCUT2D eigenvalue weighted by atomic mass is 32.2. The third-order valence-corrected chi connectivity index (χ3v) is 4.85. The topological polar surface area (TPSA) is 66.5 Å². The van der Waals surface area contributed by atoms with Gasteiger partial charge in [-0.3, -0.25) is 9.10 Å². The van der Waals surface area contributed by atoms with Crippen LogP contribution in [0, 0.1) is 5.82 Å². The maximum Gasteiger partial charge on any atom is 0.232 e. The van der Waals surface area contributed by atoms with Crippen LogP contribution in [0.25, 0.3) is 0 Å². The van der Waals surface area contributed by atoms with E-state index in [1.165, 1.54) is 10.4 Å². The maximum absolute atomic E-state index is 13.5. The Bertz CT molecular complexity index is 810. The number of para-hydroxylation sites is 1.